The Kier molecular flexibility index (Phi) is 4.71. The van der Waals surface area contributed by atoms with E-state index < -0.39 is 0 Å². The van der Waals surface area contributed by atoms with Gasteiger partial charge in [-0.1, -0.05) is 11.6 Å². The molecule has 4 nitrogen and oxygen atoms in total. The molecule has 19 heavy (non-hydrogen) atoms. The van der Waals surface area contributed by atoms with Crippen LogP contribution in [-0.4, -0.2) is 23.7 Å². The second-order valence-electron chi connectivity index (χ2n) is 4.19. The molecule has 1 heterocycles. The lowest BCUT2D eigenvalue weighted by Gasteiger charge is -2.04. The Morgan fingerprint density at radius 3 is 2.74 bits per heavy atom. The van der Waals surface area contributed by atoms with E-state index in [-0.39, 0.29) is 5.56 Å². The largest absolute Gasteiger partial charge is 0.385 e. The summed E-state index contributed by atoms with van der Waals surface area (Å²) in [4.78, 5) is 18.8. The fraction of sp³-hybridized carbons (Fsp3) is 0.286. The second-order valence-corrected chi connectivity index (χ2v) is 4.63. The number of hydrogen-bond donors (Lipinski definition) is 1. The van der Waals surface area contributed by atoms with Crippen LogP contribution in [0.5, 0.6) is 0 Å². The van der Waals surface area contributed by atoms with Crippen molar-refractivity contribution < 1.29 is 4.74 Å². The lowest BCUT2D eigenvalue weighted by atomic mass is 10.2. The van der Waals surface area contributed by atoms with Crippen LogP contribution in [0.2, 0.25) is 5.02 Å². The van der Waals surface area contributed by atoms with E-state index in [1.807, 2.05) is 12.1 Å². The number of aromatic nitrogens is 2. The first-order valence-corrected chi connectivity index (χ1v) is 6.42. The molecule has 0 aliphatic heterocycles. The Labute approximate surface area is 116 Å². The summed E-state index contributed by atoms with van der Waals surface area (Å²) in [5.74, 6) is 0.566. The zero-order valence-corrected chi connectivity index (χ0v) is 11.4. The van der Waals surface area contributed by atoms with Crippen LogP contribution in [0.1, 0.15) is 12.1 Å². The molecule has 0 radical (unpaired) electrons. The molecule has 2 rings (SSSR count). The van der Waals surface area contributed by atoms with E-state index in [1.54, 1.807) is 19.2 Å². The third kappa shape index (κ3) is 3.91. The van der Waals surface area contributed by atoms with Gasteiger partial charge in [0.25, 0.3) is 5.56 Å². The maximum absolute atomic E-state index is 11.6. The quantitative estimate of drug-likeness (QED) is 0.856. The molecule has 5 heteroatoms. The number of nitrogens with zero attached hydrogens (tertiary/aromatic N) is 1. The standard InChI is InChI=1S/C14H15ClN2O2/c1-19-8-2-3-12-9-13(18)17-14(16-12)10-4-6-11(15)7-5-10/h4-7,9H,2-3,8H2,1H3,(H,16,17,18). The number of nitrogens with one attached hydrogen (secondary N) is 1. The molecule has 1 aromatic heterocycles. The summed E-state index contributed by atoms with van der Waals surface area (Å²) in [6.07, 6.45) is 1.56. The van der Waals surface area contributed by atoms with Gasteiger partial charge in [0.05, 0.1) is 0 Å². The molecule has 0 atom stereocenters. The van der Waals surface area contributed by atoms with Crippen LogP contribution in [0.4, 0.5) is 0 Å². The van der Waals surface area contributed by atoms with E-state index in [0.717, 1.165) is 24.1 Å². The van der Waals surface area contributed by atoms with Crippen molar-refractivity contribution in [3.63, 3.8) is 0 Å². The van der Waals surface area contributed by atoms with E-state index in [9.17, 15) is 4.79 Å². The van der Waals surface area contributed by atoms with Gasteiger partial charge in [-0.15, -0.1) is 0 Å². The fourth-order valence-electron chi connectivity index (χ4n) is 1.78. The number of benzene rings is 1. The number of halogens is 1. The van der Waals surface area contributed by atoms with Crippen molar-refractivity contribution in [2.75, 3.05) is 13.7 Å². The number of aromatic amines is 1. The molecule has 0 aliphatic carbocycles. The van der Waals surface area contributed by atoms with E-state index in [4.69, 9.17) is 16.3 Å². The summed E-state index contributed by atoms with van der Waals surface area (Å²) in [6, 6.07) is 8.73. The Bertz CT molecular complexity index is 593. The topological polar surface area (TPSA) is 55.0 Å². The van der Waals surface area contributed by atoms with Crippen LogP contribution >= 0.6 is 11.6 Å². The molecule has 0 unspecified atom stereocenters. The normalized spacial score (nSPS) is 10.6. The highest BCUT2D eigenvalue weighted by Crippen LogP contribution is 2.17. The summed E-state index contributed by atoms with van der Waals surface area (Å²) in [7, 11) is 1.66. The van der Waals surface area contributed by atoms with Gasteiger partial charge in [-0.25, -0.2) is 4.98 Å². The first kappa shape index (κ1) is 13.8. The van der Waals surface area contributed by atoms with Gasteiger partial charge in [-0.2, -0.15) is 0 Å². The number of methoxy groups -OCH3 is 1. The van der Waals surface area contributed by atoms with Crippen molar-refractivity contribution in [1.29, 1.82) is 0 Å². The van der Waals surface area contributed by atoms with Gasteiger partial charge in [0.1, 0.15) is 5.82 Å². The second kappa shape index (κ2) is 6.50. The van der Waals surface area contributed by atoms with Crippen molar-refractivity contribution in [3.8, 4) is 11.4 Å². The smallest absolute Gasteiger partial charge is 0.251 e. The molecule has 0 saturated heterocycles. The van der Waals surface area contributed by atoms with Gasteiger partial charge in [-0.3, -0.25) is 4.79 Å². The Morgan fingerprint density at radius 2 is 2.05 bits per heavy atom. The molecule has 0 saturated carbocycles. The first-order valence-electron chi connectivity index (χ1n) is 6.04. The molecular weight excluding hydrogens is 264 g/mol. The average molecular weight is 279 g/mol. The number of H-pyrrole nitrogens is 1. The van der Waals surface area contributed by atoms with E-state index in [1.165, 1.54) is 6.07 Å². The van der Waals surface area contributed by atoms with Gasteiger partial charge >= 0.3 is 0 Å². The number of rotatable bonds is 5. The number of aryl methyl sites for hydroxylation is 1. The van der Waals surface area contributed by atoms with Crippen molar-refractivity contribution in [1.82, 2.24) is 9.97 Å². The predicted molar refractivity (Wildman–Crippen MR) is 75.5 cm³/mol. The highest BCUT2D eigenvalue weighted by Gasteiger charge is 2.04. The van der Waals surface area contributed by atoms with E-state index >= 15 is 0 Å². The van der Waals surface area contributed by atoms with Gasteiger partial charge in [0.15, 0.2) is 0 Å². The first-order chi connectivity index (χ1) is 9.19. The predicted octanol–water partition coefficient (Wildman–Crippen LogP) is 2.67. The van der Waals surface area contributed by atoms with Crippen LogP contribution in [0.15, 0.2) is 35.1 Å². The lowest BCUT2D eigenvalue weighted by Crippen LogP contribution is -2.10. The summed E-state index contributed by atoms with van der Waals surface area (Å²) >= 11 is 5.84. The highest BCUT2D eigenvalue weighted by molar-refractivity contribution is 6.30. The van der Waals surface area contributed by atoms with Crippen LogP contribution in [0.3, 0.4) is 0 Å². The summed E-state index contributed by atoms with van der Waals surface area (Å²) < 4.78 is 4.99. The van der Waals surface area contributed by atoms with E-state index in [2.05, 4.69) is 9.97 Å². The maximum atomic E-state index is 11.6. The SMILES string of the molecule is COCCCc1cc(=O)[nH]c(-c2ccc(Cl)cc2)n1. The van der Waals surface area contributed by atoms with Crippen LogP contribution in [-0.2, 0) is 11.2 Å². The van der Waals surface area contributed by atoms with Crippen molar-refractivity contribution >= 4 is 11.6 Å². The molecule has 2 aromatic rings. The summed E-state index contributed by atoms with van der Waals surface area (Å²) in [5, 5.41) is 0.655. The Morgan fingerprint density at radius 1 is 1.32 bits per heavy atom. The summed E-state index contributed by atoms with van der Waals surface area (Å²) in [5.41, 5.74) is 1.47. The van der Waals surface area contributed by atoms with Crippen LogP contribution < -0.4 is 5.56 Å². The van der Waals surface area contributed by atoms with Gasteiger partial charge in [-0.05, 0) is 37.1 Å². The molecule has 1 N–H and O–H groups in total. The highest BCUT2D eigenvalue weighted by atomic mass is 35.5. The molecule has 0 fully saturated rings. The number of ether oxygens (including phenoxy) is 1. The molecule has 1 aromatic carbocycles. The van der Waals surface area contributed by atoms with Crippen LogP contribution in [0.25, 0.3) is 11.4 Å². The third-order valence-electron chi connectivity index (χ3n) is 2.69. The third-order valence-corrected chi connectivity index (χ3v) is 2.95. The van der Waals surface area contributed by atoms with Crippen molar-refractivity contribution in [2.45, 2.75) is 12.8 Å². The van der Waals surface area contributed by atoms with Crippen molar-refractivity contribution in [2.24, 2.45) is 0 Å². The lowest BCUT2D eigenvalue weighted by molar-refractivity contribution is 0.195. The monoisotopic (exact) mass is 278 g/mol. The molecule has 100 valence electrons. The molecule has 0 bridgehead atoms. The molecule has 0 spiro atoms. The fourth-order valence-corrected chi connectivity index (χ4v) is 1.90. The Hall–Kier alpha value is -1.65. The minimum Gasteiger partial charge on any atom is -0.385 e. The van der Waals surface area contributed by atoms with Crippen LogP contribution in [0, 0.1) is 0 Å². The Balaban J connectivity index is 2.25. The minimum atomic E-state index is -0.146. The van der Waals surface area contributed by atoms with Gasteiger partial charge in [0, 0.05) is 36.1 Å². The summed E-state index contributed by atoms with van der Waals surface area (Å²) in [6.45, 7) is 0.657. The van der Waals surface area contributed by atoms with Crippen molar-refractivity contribution in [3.05, 3.63) is 51.4 Å². The maximum Gasteiger partial charge on any atom is 0.251 e. The minimum absolute atomic E-state index is 0.146. The zero-order valence-electron chi connectivity index (χ0n) is 10.6. The van der Waals surface area contributed by atoms with E-state index in [0.29, 0.717) is 17.5 Å². The molecule has 0 aliphatic rings. The molecule has 0 amide bonds. The average Bonchev–Trinajstić information content (AvgIpc) is 2.39. The van der Waals surface area contributed by atoms with Gasteiger partial charge in [0.2, 0.25) is 0 Å². The number of hydrogen-bond acceptors (Lipinski definition) is 3. The van der Waals surface area contributed by atoms with Gasteiger partial charge < -0.3 is 9.72 Å². The zero-order chi connectivity index (χ0) is 13.7. The molecular formula is C14H15ClN2O2.